The number of ether oxygens (including phenoxy) is 2. The number of rotatable bonds is 2. The highest BCUT2D eigenvalue weighted by Gasteiger charge is 2.22. The zero-order chi connectivity index (χ0) is 17.4. The van der Waals surface area contributed by atoms with Gasteiger partial charge in [0.15, 0.2) is 0 Å². The fraction of sp³-hybridized carbons (Fsp3) is 0.389. The number of carbonyl (C=O) groups excluding carboxylic acids is 2. The van der Waals surface area contributed by atoms with E-state index in [4.69, 9.17) is 9.47 Å². The molecule has 0 amide bonds. The molecule has 0 radical (unpaired) electrons. The van der Waals surface area contributed by atoms with E-state index in [1.165, 1.54) is 19.9 Å². The summed E-state index contributed by atoms with van der Waals surface area (Å²) in [5, 5.41) is 1.05. The Hall–Kier alpha value is -2.63. The summed E-state index contributed by atoms with van der Waals surface area (Å²) in [5.74, 6) is -0.523. The number of esters is 2. The third kappa shape index (κ3) is 2.79. The van der Waals surface area contributed by atoms with Gasteiger partial charge in [-0.15, -0.1) is 0 Å². The zero-order valence-electron chi connectivity index (χ0n) is 14.0. The molecule has 1 aromatic heterocycles. The summed E-state index contributed by atoms with van der Waals surface area (Å²) < 4.78 is 12.1. The standard InChI is InChI=1S/C18H19NO5/c1-10(20)23-12-8-14-17(16(9-12)24-11(2)21)13-6-4-5-7-15(13)19(3)18(14)22/h8-9H,4-7H2,1-3H3. The molecule has 0 spiro atoms. The molecule has 0 saturated carbocycles. The van der Waals surface area contributed by atoms with Crippen LogP contribution in [-0.4, -0.2) is 16.5 Å². The Labute approximate surface area is 139 Å². The lowest BCUT2D eigenvalue weighted by molar-refractivity contribution is -0.132. The van der Waals surface area contributed by atoms with E-state index in [1.807, 2.05) is 0 Å². The molecule has 3 rings (SSSR count). The summed E-state index contributed by atoms with van der Waals surface area (Å²) in [5.41, 5.74) is 1.82. The maximum atomic E-state index is 12.8. The van der Waals surface area contributed by atoms with Gasteiger partial charge >= 0.3 is 11.9 Å². The van der Waals surface area contributed by atoms with Crippen LogP contribution < -0.4 is 15.0 Å². The molecule has 2 aromatic rings. The van der Waals surface area contributed by atoms with Gasteiger partial charge < -0.3 is 14.0 Å². The van der Waals surface area contributed by atoms with Gasteiger partial charge in [0.05, 0.1) is 5.39 Å². The molecular weight excluding hydrogens is 310 g/mol. The van der Waals surface area contributed by atoms with Crippen LogP contribution in [0.4, 0.5) is 0 Å². The van der Waals surface area contributed by atoms with Gasteiger partial charge in [0, 0.05) is 38.0 Å². The predicted molar refractivity (Wildman–Crippen MR) is 88.4 cm³/mol. The van der Waals surface area contributed by atoms with E-state index >= 15 is 0 Å². The molecule has 1 aromatic carbocycles. The molecule has 1 aliphatic carbocycles. The van der Waals surface area contributed by atoms with Crippen LogP contribution in [0, 0.1) is 0 Å². The number of carbonyl (C=O) groups is 2. The van der Waals surface area contributed by atoms with Gasteiger partial charge in [-0.1, -0.05) is 0 Å². The van der Waals surface area contributed by atoms with Gasteiger partial charge in [0.25, 0.3) is 5.56 Å². The molecule has 1 aliphatic rings. The highest BCUT2D eigenvalue weighted by Crippen LogP contribution is 2.36. The summed E-state index contributed by atoms with van der Waals surface area (Å²) in [6.45, 7) is 2.58. The van der Waals surface area contributed by atoms with Crippen LogP contribution in [-0.2, 0) is 29.5 Å². The first-order valence-electron chi connectivity index (χ1n) is 7.94. The van der Waals surface area contributed by atoms with Crippen LogP contribution in [0.5, 0.6) is 11.5 Å². The van der Waals surface area contributed by atoms with Crippen LogP contribution in [0.1, 0.15) is 37.9 Å². The minimum absolute atomic E-state index is 0.187. The molecular formula is C18H19NO5. The molecule has 6 heteroatoms. The lowest BCUT2D eigenvalue weighted by Crippen LogP contribution is -2.25. The topological polar surface area (TPSA) is 74.6 Å². The fourth-order valence-corrected chi connectivity index (χ4v) is 3.36. The third-order valence-electron chi connectivity index (χ3n) is 4.27. The summed E-state index contributed by atoms with van der Waals surface area (Å²) in [7, 11) is 1.75. The molecule has 6 nitrogen and oxygen atoms in total. The first-order valence-corrected chi connectivity index (χ1v) is 7.94. The molecule has 0 aliphatic heterocycles. The van der Waals surface area contributed by atoms with Crippen LogP contribution in [0.3, 0.4) is 0 Å². The van der Waals surface area contributed by atoms with Crippen molar-refractivity contribution in [3.63, 3.8) is 0 Å². The second kappa shape index (κ2) is 6.11. The number of benzene rings is 1. The molecule has 0 atom stereocenters. The first kappa shape index (κ1) is 16.2. The molecule has 0 saturated heterocycles. The van der Waals surface area contributed by atoms with Crippen LogP contribution in [0.2, 0.25) is 0 Å². The average molecular weight is 329 g/mol. The molecule has 126 valence electrons. The second-order valence-corrected chi connectivity index (χ2v) is 6.03. The number of aryl methyl sites for hydroxylation is 1. The van der Waals surface area contributed by atoms with Gasteiger partial charge in [0.1, 0.15) is 11.5 Å². The predicted octanol–water partition coefficient (Wildman–Crippen LogP) is 2.27. The van der Waals surface area contributed by atoms with Crippen molar-refractivity contribution in [2.24, 2.45) is 7.05 Å². The van der Waals surface area contributed by atoms with Crippen LogP contribution in [0.25, 0.3) is 10.8 Å². The minimum atomic E-state index is -0.502. The van der Waals surface area contributed by atoms with Gasteiger partial charge in [-0.25, -0.2) is 0 Å². The molecule has 0 bridgehead atoms. The van der Waals surface area contributed by atoms with Crippen molar-refractivity contribution in [1.29, 1.82) is 0 Å². The maximum absolute atomic E-state index is 12.8. The van der Waals surface area contributed by atoms with E-state index in [9.17, 15) is 14.4 Å². The highest BCUT2D eigenvalue weighted by atomic mass is 16.5. The largest absolute Gasteiger partial charge is 0.427 e. The Balaban J connectivity index is 2.38. The summed E-state index contributed by atoms with van der Waals surface area (Å²) in [6.07, 6.45) is 3.69. The SMILES string of the molecule is CC(=O)Oc1cc(OC(C)=O)c2c3c(n(C)c(=O)c2c1)CCCC3. The minimum Gasteiger partial charge on any atom is -0.427 e. The smallest absolute Gasteiger partial charge is 0.308 e. The quantitative estimate of drug-likeness (QED) is 0.624. The van der Waals surface area contributed by atoms with Gasteiger partial charge in [-0.2, -0.15) is 0 Å². The number of aromatic nitrogens is 1. The monoisotopic (exact) mass is 329 g/mol. The van der Waals surface area contributed by atoms with E-state index < -0.39 is 11.9 Å². The number of hydrogen-bond acceptors (Lipinski definition) is 5. The molecule has 24 heavy (non-hydrogen) atoms. The molecule has 1 heterocycles. The van der Waals surface area contributed by atoms with Crippen molar-refractivity contribution in [1.82, 2.24) is 4.57 Å². The molecule has 0 N–H and O–H groups in total. The Morgan fingerprint density at radius 1 is 1.04 bits per heavy atom. The van der Waals surface area contributed by atoms with Crippen LogP contribution >= 0.6 is 0 Å². The normalized spacial score (nSPS) is 13.5. The van der Waals surface area contributed by atoms with Crippen molar-refractivity contribution in [3.05, 3.63) is 33.7 Å². The number of fused-ring (bicyclic) bond motifs is 3. The van der Waals surface area contributed by atoms with Crippen molar-refractivity contribution < 1.29 is 19.1 Å². The van der Waals surface area contributed by atoms with E-state index in [0.29, 0.717) is 10.8 Å². The van der Waals surface area contributed by atoms with Gasteiger partial charge in [-0.3, -0.25) is 14.4 Å². The Morgan fingerprint density at radius 2 is 1.71 bits per heavy atom. The van der Waals surface area contributed by atoms with E-state index in [0.717, 1.165) is 36.9 Å². The van der Waals surface area contributed by atoms with E-state index in [1.54, 1.807) is 17.7 Å². The lowest BCUT2D eigenvalue weighted by Gasteiger charge is -2.22. The van der Waals surface area contributed by atoms with Crippen molar-refractivity contribution in [3.8, 4) is 11.5 Å². The van der Waals surface area contributed by atoms with Gasteiger partial charge in [-0.05, 0) is 37.3 Å². The molecule has 0 fully saturated rings. The summed E-state index contributed by atoms with van der Waals surface area (Å²) in [4.78, 5) is 35.5. The van der Waals surface area contributed by atoms with Crippen molar-refractivity contribution >= 4 is 22.7 Å². The Bertz CT molecular complexity index is 910. The second-order valence-electron chi connectivity index (χ2n) is 6.03. The highest BCUT2D eigenvalue weighted by molar-refractivity contribution is 5.94. The lowest BCUT2D eigenvalue weighted by atomic mass is 9.91. The number of pyridine rings is 1. The van der Waals surface area contributed by atoms with Gasteiger partial charge in [0.2, 0.25) is 0 Å². The Kier molecular flexibility index (Phi) is 4.13. The van der Waals surface area contributed by atoms with Crippen molar-refractivity contribution in [2.45, 2.75) is 39.5 Å². The summed E-state index contributed by atoms with van der Waals surface area (Å²) >= 11 is 0. The Morgan fingerprint density at radius 3 is 2.38 bits per heavy atom. The first-order chi connectivity index (χ1) is 11.4. The maximum Gasteiger partial charge on any atom is 0.308 e. The fourth-order valence-electron chi connectivity index (χ4n) is 3.36. The number of hydrogen-bond donors (Lipinski definition) is 0. The van der Waals surface area contributed by atoms with E-state index in [-0.39, 0.29) is 17.1 Å². The summed E-state index contributed by atoms with van der Waals surface area (Å²) in [6, 6.07) is 3.04. The van der Waals surface area contributed by atoms with Crippen LogP contribution in [0.15, 0.2) is 16.9 Å². The van der Waals surface area contributed by atoms with E-state index in [2.05, 4.69) is 0 Å². The molecule has 0 unspecified atom stereocenters. The zero-order valence-corrected chi connectivity index (χ0v) is 14.0. The van der Waals surface area contributed by atoms with Crippen molar-refractivity contribution in [2.75, 3.05) is 0 Å². The number of nitrogens with zero attached hydrogens (tertiary/aromatic N) is 1. The third-order valence-corrected chi connectivity index (χ3v) is 4.27. The average Bonchev–Trinajstić information content (AvgIpc) is 2.51.